The first kappa shape index (κ1) is 17.5. The maximum Gasteiger partial charge on any atom is 0.328 e. The number of nitrogens with one attached hydrogen (secondary N) is 1. The number of esters is 1. The minimum atomic E-state index is -0.617. The molecule has 1 unspecified atom stereocenters. The number of rotatable bonds is 4. The van der Waals surface area contributed by atoms with E-state index in [1.54, 1.807) is 48.5 Å². The Morgan fingerprint density at radius 1 is 1.14 bits per heavy atom. The summed E-state index contributed by atoms with van der Waals surface area (Å²) in [6, 6.07) is 17.0. The number of hydrogen-bond acceptors (Lipinski definition) is 6. The van der Waals surface area contributed by atoms with Crippen LogP contribution in [0.5, 0.6) is 11.5 Å². The number of hydrogen-bond donors (Lipinski definition) is 1. The first-order valence-electron chi connectivity index (χ1n) is 8.69. The minimum absolute atomic E-state index is 0.230. The molecule has 28 heavy (non-hydrogen) atoms. The van der Waals surface area contributed by atoms with Gasteiger partial charge in [-0.3, -0.25) is 4.79 Å². The van der Waals surface area contributed by atoms with Crippen molar-refractivity contribution in [3.05, 3.63) is 65.9 Å². The fourth-order valence-corrected chi connectivity index (χ4v) is 2.89. The van der Waals surface area contributed by atoms with Gasteiger partial charge in [0.25, 0.3) is 5.91 Å². The van der Waals surface area contributed by atoms with Crippen LogP contribution in [0.4, 0.5) is 0 Å². The number of benzene rings is 2. The van der Waals surface area contributed by atoms with Crippen molar-refractivity contribution in [1.82, 2.24) is 10.3 Å². The van der Waals surface area contributed by atoms with E-state index in [1.165, 1.54) is 0 Å². The molecule has 2 heterocycles. The van der Waals surface area contributed by atoms with Crippen LogP contribution in [0.1, 0.15) is 22.5 Å². The molecule has 138 valence electrons. The third-order valence-corrected chi connectivity index (χ3v) is 4.35. The zero-order valence-corrected chi connectivity index (χ0v) is 14.7. The zero-order valence-electron chi connectivity index (χ0n) is 14.7. The summed E-state index contributed by atoms with van der Waals surface area (Å²) in [5, 5.41) is 12.3. The third kappa shape index (κ3) is 3.62. The molecule has 1 fully saturated rings. The number of nitriles is 1. The van der Waals surface area contributed by atoms with E-state index in [1.807, 2.05) is 6.07 Å². The number of cyclic esters (lactones) is 1. The topological polar surface area (TPSA) is 101 Å². The maximum atomic E-state index is 12.3. The fraction of sp³-hybridized carbons (Fsp3) is 0.143. The van der Waals surface area contributed by atoms with Crippen LogP contribution in [-0.2, 0) is 9.53 Å². The van der Waals surface area contributed by atoms with Crippen molar-refractivity contribution in [3.63, 3.8) is 0 Å². The molecule has 0 saturated carbocycles. The predicted molar refractivity (Wildman–Crippen MR) is 99.8 cm³/mol. The molecular weight excluding hydrogens is 358 g/mol. The molecule has 1 aromatic heterocycles. The molecule has 1 aliphatic heterocycles. The van der Waals surface area contributed by atoms with E-state index in [9.17, 15) is 9.59 Å². The molecule has 1 atom stereocenters. The number of aromatic nitrogens is 1. The molecule has 0 bridgehead atoms. The summed E-state index contributed by atoms with van der Waals surface area (Å²) in [4.78, 5) is 28.2. The fourth-order valence-electron chi connectivity index (χ4n) is 2.89. The molecule has 0 aliphatic carbocycles. The normalized spacial score (nSPS) is 15.7. The van der Waals surface area contributed by atoms with Crippen molar-refractivity contribution in [2.75, 3.05) is 6.61 Å². The Hall–Kier alpha value is -3.92. The van der Waals surface area contributed by atoms with Gasteiger partial charge in [0, 0.05) is 11.8 Å². The van der Waals surface area contributed by atoms with Gasteiger partial charge < -0.3 is 14.8 Å². The molecule has 1 N–H and O–H groups in total. The molecule has 0 spiro atoms. The summed E-state index contributed by atoms with van der Waals surface area (Å²) < 4.78 is 10.6. The second-order valence-corrected chi connectivity index (χ2v) is 6.27. The van der Waals surface area contributed by atoms with E-state index in [2.05, 4.69) is 16.4 Å². The van der Waals surface area contributed by atoms with Gasteiger partial charge in [-0.25, -0.2) is 9.78 Å². The van der Waals surface area contributed by atoms with Gasteiger partial charge in [0.15, 0.2) is 0 Å². The van der Waals surface area contributed by atoms with E-state index in [0.717, 1.165) is 5.39 Å². The first-order valence-corrected chi connectivity index (χ1v) is 8.69. The van der Waals surface area contributed by atoms with Crippen molar-refractivity contribution in [3.8, 4) is 17.6 Å². The highest BCUT2D eigenvalue weighted by molar-refractivity contribution is 5.97. The van der Waals surface area contributed by atoms with Crippen LogP contribution < -0.4 is 10.1 Å². The lowest BCUT2D eigenvalue weighted by Crippen LogP contribution is -2.38. The summed E-state index contributed by atoms with van der Waals surface area (Å²) in [6.45, 7) is 0.316. The Kier molecular flexibility index (Phi) is 4.60. The van der Waals surface area contributed by atoms with Gasteiger partial charge in [-0.15, -0.1) is 0 Å². The molecule has 7 heteroatoms. The number of fused-ring (bicyclic) bond motifs is 1. The highest BCUT2D eigenvalue weighted by Crippen LogP contribution is 2.25. The number of amides is 1. The largest absolute Gasteiger partial charge is 0.464 e. The van der Waals surface area contributed by atoms with Gasteiger partial charge in [0.2, 0.25) is 0 Å². The lowest BCUT2D eigenvalue weighted by Gasteiger charge is -2.10. The second-order valence-electron chi connectivity index (χ2n) is 6.27. The summed E-state index contributed by atoms with van der Waals surface area (Å²) >= 11 is 0. The zero-order chi connectivity index (χ0) is 19.5. The molecule has 7 nitrogen and oxygen atoms in total. The summed E-state index contributed by atoms with van der Waals surface area (Å²) in [6.07, 6.45) is 0.466. The van der Waals surface area contributed by atoms with Crippen LogP contribution in [0.25, 0.3) is 10.9 Å². The first-order chi connectivity index (χ1) is 13.6. The van der Waals surface area contributed by atoms with Crippen molar-refractivity contribution < 1.29 is 19.1 Å². The van der Waals surface area contributed by atoms with Gasteiger partial charge in [-0.2, -0.15) is 5.26 Å². The van der Waals surface area contributed by atoms with Gasteiger partial charge in [0.05, 0.1) is 23.8 Å². The molecule has 0 radical (unpaired) electrons. The molecule has 2 aromatic carbocycles. The molecule has 3 aromatic rings. The van der Waals surface area contributed by atoms with Gasteiger partial charge in [-0.05, 0) is 48.5 Å². The molecule has 1 amide bonds. The van der Waals surface area contributed by atoms with Crippen molar-refractivity contribution >= 4 is 22.8 Å². The Labute approximate surface area is 160 Å². The minimum Gasteiger partial charge on any atom is -0.464 e. The van der Waals surface area contributed by atoms with E-state index < -0.39 is 17.9 Å². The summed E-state index contributed by atoms with van der Waals surface area (Å²) in [5.74, 6) is 0.401. The average molecular weight is 373 g/mol. The van der Waals surface area contributed by atoms with Crippen LogP contribution in [-0.4, -0.2) is 29.5 Å². The van der Waals surface area contributed by atoms with E-state index in [-0.39, 0.29) is 5.69 Å². The van der Waals surface area contributed by atoms with Gasteiger partial charge in [-0.1, -0.05) is 6.07 Å². The van der Waals surface area contributed by atoms with E-state index in [4.69, 9.17) is 14.7 Å². The summed E-state index contributed by atoms with van der Waals surface area (Å²) in [7, 11) is 0. The van der Waals surface area contributed by atoms with Crippen LogP contribution in [0.2, 0.25) is 0 Å². The Balaban J connectivity index is 1.51. The predicted octanol–water partition coefficient (Wildman–Crippen LogP) is 2.94. The number of carbonyl (C=O) groups is 2. The van der Waals surface area contributed by atoms with Crippen LogP contribution in [0.15, 0.2) is 54.6 Å². The van der Waals surface area contributed by atoms with Crippen molar-refractivity contribution in [2.45, 2.75) is 12.5 Å². The SMILES string of the molecule is N#Cc1ccc(Oc2ccc3nc(C(=O)NC4CCOC4=O)ccc3c2)cc1. The van der Waals surface area contributed by atoms with Gasteiger partial charge in [0.1, 0.15) is 23.2 Å². The van der Waals surface area contributed by atoms with Crippen molar-refractivity contribution in [2.24, 2.45) is 0 Å². The highest BCUT2D eigenvalue weighted by atomic mass is 16.5. The van der Waals surface area contributed by atoms with E-state index in [0.29, 0.717) is 35.6 Å². The lowest BCUT2D eigenvalue weighted by atomic mass is 10.1. The number of carbonyl (C=O) groups excluding carboxylic acids is 2. The molecule has 1 aliphatic rings. The second kappa shape index (κ2) is 7.37. The number of nitrogens with zero attached hydrogens (tertiary/aromatic N) is 2. The number of pyridine rings is 1. The van der Waals surface area contributed by atoms with Crippen LogP contribution in [0, 0.1) is 11.3 Å². The van der Waals surface area contributed by atoms with Gasteiger partial charge >= 0.3 is 5.97 Å². The summed E-state index contributed by atoms with van der Waals surface area (Å²) in [5.41, 5.74) is 1.42. The Bertz CT molecular complexity index is 1100. The van der Waals surface area contributed by atoms with Crippen molar-refractivity contribution in [1.29, 1.82) is 5.26 Å². The average Bonchev–Trinajstić information content (AvgIpc) is 3.12. The highest BCUT2D eigenvalue weighted by Gasteiger charge is 2.28. The van der Waals surface area contributed by atoms with E-state index >= 15 is 0 Å². The quantitative estimate of drug-likeness (QED) is 0.706. The van der Waals surface area contributed by atoms with Crippen LogP contribution in [0.3, 0.4) is 0 Å². The number of ether oxygens (including phenoxy) is 2. The standard InChI is InChI=1S/C21H15N3O4/c22-12-13-1-4-15(5-2-13)28-16-6-8-17-14(11-16)3-7-18(23-17)20(25)24-19-9-10-27-21(19)26/h1-8,11,19H,9-10H2,(H,24,25). The van der Waals surface area contributed by atoms with Crippen LogP contribution >= 0.6 is 0 Å². The molecule has 4 rings (SSSR count). The monoisotopic (exact) mass is 373 g/mol. The maximum absolute atomic E-state index is 12.3. The Morgan fingerprint density at radius 3 is 2.64 bits per heavy atom. The molecule has 1 saturated heterocycles. The third-order valence-electron chi connectivity index (χ3n) is 4.35. The lowest BCUT2D eigenvalue weighted by molar-refractivity contribution is -0.139. The smallest absolute Gasteiger partial charge is 0.328 e. The Morgan fingerprint density at radius 2 is 1.93 bits per heavy atom. The molecular formula is C21H15N3O4.